The van der Waals surface area contributed by atoms with Gasteiger partial charge in [-0.05, 0) is 25.0 Å². The van der Waals surface area contributed by atoms with Gasteiger partial charge in [0, 0.05) is 31.3 Å². The van der Waals surface area contributed by atoms with Crippen molar-refractivity contribution in [2.45, 2.75) is 13.3 Å². The summed E-state index contributed by atoms with van der Waals surface area (Å²) in [7, 11) is 1.68. The first-order valence-electron chi connectivity index (χ1n) is 7.07. The average Bonchev–Trinajstić information content (AvgIpc) is 2.46. The second-order valence-corrected chi connectivity index (χ2v) is 5.23. The van der Waals surface area contributed by atoms with Gasteiger partial charge in [0.15, 0.2) is 0 Å². The highest BCUT2D eigenvalue weighted by Gasteiger charge is 2.08. The maximum atomic E-state index is 6.21. The Labute approximate surface area is 136 Å². The summed E-state index contributed by atoms with van der Waals surface area (Å²) in [6.07, 6.45) is 0.725. The minimum absolute atomic E-state index is 0.564. The lowest BCUT2D eigenvalue weighted by Gasteiger charge is -2.11. The van der Waals surface area contributed by atoms with Crippen molar-refractivity contribution in [3.05, 3.63) is 27.7 Å². The van der Waals surface area contributed by atoms with Crippen LogP contribution in [0, 0.1) is 0 Å². The molecule has 1 N–H and O–H groups in total. The van der Waals surface area contributed by atoms with E-state index in [1.807, 2.05) is 13.0 Å². The number of benzene rings is 1. The molecule has 0 amide bonds. The van der Waals surface area contributed by atoms with Crippen molar-refractivity contribution in [1.29, 1.82) is 0 Å². The fourth-order valence-corrected chi connectivity index (χ4v) is 2.24. The van der Waals surface area contributed by atoms with Crippen molar-refractivity contribution >= 4 is 23.2 Å². The number of methoxy groups -OCH3 is 1. The van der Waals surface area contributed by atoms with Crippen LogP contribution in [0.5, 0.6) is 5.75 Å². The van der Waals surface area contributed by atoms with Gasteiger partial charge in [-0.1, -0.05) is 23.2 Å². The summed E-state index contributed by atoms with van der Waals surface area (Å²) in [6.45, 7) is 6.09. The van der Waals surface area contributed by atoms with E-state index in [-0.39, 0.29) is 0 Å². The Morgan fingerprint density at radius 2 is 1.81 bits per heavy atom. The third-order valence-electron chi connectivity index (χ3n) is 2.82. The molecule has 0 aliphatic heterocycles. The number of hydrogen-bond donors (Lipinski definition) is 1. The maximum Gasteiger partial charge on any atom is 0.139 e. The molecule has 1 aromatic rings. The van der Waals surface area contributed by atoms with E-state index >= 15 is 0 Å². The molecule has 4 nitrogen and oxygen atoms in total. The first kappa shape index (κ1) is 18.5. The van der Waals surface area contributed by atoms with Crippen LogP contribution in [0.4, 0.5) is 0 Å². The van der Waals surface area contributed by atoms with E-state index in [1.54, 1.807) is 13.2 Å². The van der Waals surface area contributed by atoms with Crippen molar-refractivity contribution in [2.75, 3.05) is 46.6 Å². The van der Waals surface area contributed by atoms with Gasteiger partial charge in [0.1, 0.15) is 5.75 Å². The Balaban J connectivity index is 2.27. The zero-order chi connectivity index (χ0) is 15.5. The van der Waals surface area contributed by atoms with Crippen molar-refractivity contribution in [3.63, 3.8) is 0 Å². The summed E-state index contributed by atoms with van der Waals surface area (Å²) in [5.41, 5.74) is 0.970. The van der Waals surface area contributed by atoms with E-state index in [9.17, 15) is 0 Å². The fourth-order valence-electron chi connectivity index (χ4n) is 1.76. The highest BCUT2D eigenvalue weighted by molar-refractivity contribution is 6.34. The van der Waals surface area contributed by atoms with Crippen LogP contribution in [0.2, 0.25) is 10.0 Å². The Hall–Kier alpha value is -0.520. The summed E-state index contributed by atoms with van der Waals surface area (Å²) in [4.78, 5) is 0. The van der Waals surface area contributed by atoms with E-state index < -0.39 is 0 Å². The number of halogens is 2. The molecule has 120 valence electrons. The van der Waals surface area contributed by atoms with Crippen LogP contribution in [0.3, 0.4) is 0 Å². The summed E-state index contributed by atoms with van der Waals surface area (Å²) >= 11 is 12.4. The van der Waals surface area contributed by atoms with Crippen molar-refractivity contribution in [3.8, 4) is 5.75 Å². The Morgan fingerprint density at radius 1 is 1.05 bits per heavy atom. The molecule has 1 aromatic carbocycles. The number of rotatable bonds is 11. The summed E-state index contributed by atoms with van der Waals surface area (Å²) < 4.78 is 15.9. The molecule has 0 unspecified atom stereocenters. The predicted octanol–water partition coefficient (Wildman–Crippen LogP) is 3.19. The van der Waals surface area contributed by atoms with Crippen LogP contribution in [-0.4, -0.2) is 46.6 Å². The van der Waals surface area contributed by atoms with E-state index in [0.717, 1.165) is 25.1 Å². The van der Waals surface area contributed by atoms with Crippen LogP contribution >= 0.6 is 23.2 Å². The minimum Gasteiger partial charge on any atom is -0.492 e. The molecule has 0 spiro atoms. The first-order chi connectivity index (χ1) is 10.2. The standard InChI is InChI=1S/C15H23Cl2NO3/c1-3-21-15-11-13(16)12(10-14(15)17)4-7-20-9-6-18-5-8-19-2/h10-11,18H,3-9H2,1-2H3. The summed E-state index contributed by atoms with van der Waals surface area (Å²) in [5, 5.41) is 4.45. The SMILES string of the molecule is CCOc1cc(Cl)c(CCOCCNCCOC)cc1Cl. The van der Waals surface area contributed by atoms with Gasteiger partial charge in [0.25, 0.3) is 0 Å². The highest BCUT2D eigenvalue weighted by Crippen LogP contribution is 2.31. The molecule has 6 heteroatoms. The molecular formula is C15H23Cl2NO3. The molecule has 0 heterocycles. The maximum absolute atomic E-state index is 6.21. The van der Waals surface area contributed by atoms with Crippen LogP contribution in [0.25, 0.3) is 0 Å². The minimum atomic E-state index is 0.564. The van der Waals surface area contributed by atoms with Gasteiger partial charge in [-0.15, -0.1) is 0 Å². The quantitative estimate of drug-likeness (QED) is 0.630. The van der Waals surface area contributed by atoms with Crippen LogP contribution in [0.15, 0.2) is 12.1 Å². The molecular weight excluding hydrogens is 313 g/mol. The summed E-state index contributed by atoms with van der Waals surface area (Å²) in [5.74, 6) is 0.621. The van der Waals surface area contributed by atoms with Crippen molar-refractivity contribution in [2.24, 2.45) is 0 Å². The molecule has 0 aliphatic carbocycles. The lowest BCUT2D eigenvalue weighted by molar-refractivity contribution is 0.135. The smallest absolute Gasteiger partial charge is 0.139 e. The zero-order valence-electron chi connectivity index (χ0n) is 12.6. The molecule has 0 radical (unpaired) electrons. The summed E-state index contributed by atoms with van der Waals surface area (Å²) in [6, 6.07) is 3.60. The molecule has 0 atom stereocenters. The van der Waals surface area contributed by atoms with Crippen molar-refractivity contribution in [1.82, 2.24) is 5.32 Å². The average molecular weight is 336 g/mol. The van der Waals surface area contributed by atoms with E-state index in [0.29, 0.717) is 42.2 Å². The topological polar surface area (TPSA) is 39.7 Å². The van der Waals surface area contributed by atoms with E-state index in [2.05, 4.69) is 5.32 Å². The third kappa shape index (κ3) is 7.34. The predicted molar refractivity (Wildman–Crippen MR) is 86.9 cm³/mol. The van der Waals surface area contributed by atoms with Crippen LogP contribution in [-0.2, 0) is 15.9 Å². The van der Waals surface area contributed by atoms with Crippen LogP contribution in [0.1, 0.15) is 12.5 Å². The largest absolute Gasteiger partial charge is 0.492 e. The number of ether oxygens (including phenoxy) is 3. The second kappa shape index (κ2) is 11.1. The third-order valence-corrected chi connectivity index (χ3v) is 3.47. The Bertz CT molecular complexity index is 416. The molecule has 0 fully saturated rings. The van der Waals surface area contributed by atoms with Crippen molar-refractivity contribution < 1.29 is 14.2 Å². The number of nitrogens with one attached hydrogen (secondary N) is 1. The van der Waals surface area contributed by atoms with Gasteiger partial charge in [-0.3, -0.25) is 0 Å². The molecule has 0 aliphatic rings. The molecule has 0 bridgehead atoms. The van der Waals surface area contributed by atoms with Gasteiger partial charge in [0.05, 0.1) is 31.5 Å². The van der Waals surface area contributed by atoms with Gasteiger partial charge in [-0.2, -0.15) is 0 Å². The van der Waals surface area contributed by atoms with Gasteiger partial charge < -0.3 is 19.5 Å². The zero-order valence-corrected chi connectivity index (χ0v) is 14.1. The lowest BCUT2D eigenvalue weighted by atomic mass is 10.1. The lowest BCUT2D eigenvalue weighted by Crippen LogP contribution is -2.23. The first-order valence-corrected chi connectivity index (χ1v) is 7.82. The van der Waals surface area contributed by atoms with E-state index in [1.165, 1.54) is 0 Å². The molecule has 0 saturated carbocycles. The highest BCUT2D eigenvalue weighted by atomic mass is 35.5. The normalized spacial score (nSPS) is 10.9. The van der Waals surface area contributed by atoms with Gasteiger partial charge in [0.2, 0.25) is 0 Å². The van der Waals surface area contributed by atoms with Crippen LogP contribution < -0.4 is 10.1 Å². The Kier molecular flexibility index (Phi) is 9.79. The van der Waals surface area contributed by atoms with Gasteiger partial charge in [-0.25, -0.2) is 0 Å². The number of hydrogen-bond acceptors (Lipinski definition) is 4. The monoisotopic (exact) mass is 335 g/mol. The fraction of sp³-hybridized carbons (Fsp3) is 0.600. The molecule has 0 saturated heterocycles. The van der Waals surface area contributed by atoms with Gasteiger partial charge >= 0.3 is 0 Å². The van der Waals surface area contributed by atoms with E-state index in [4.69, 9.17) is 37.4 Å². The second-order valence-electron chi connectivity index (χ2n) is 4.41. The molecule has 21 heavy (non-hydrogen) atoms. The Morgan fingerprint density at radius 3 is 2.52 bits per heavy atom. The molecule has 0 aromatic heterocycles. The molecule has 1 rings (SSSR count).